The Balaban J connectivity index is 0. The quantitative estimate of drug-likeness (QED) is 0.576. The van der Waals surface area contributed by atoms with Crippen LogP contribution in [-0.2, 0) is 4.79 Å². The first kappa shape index (κ1) is 14.4. The summed E-state index contributed by atoms with van der Waals surface area (Å²) in [6, 6.07) is 1.25. The van der Waals surface area contributed by atoms with E-state index < -0.39 is 5.97 Å². The molecule has 76 valence electrons. The third-order valence-corrected chi connectivity index (χ3v) is 1.75. The van der Waals surface area contributed by atoms with Crippen molar-refractivity contribution in [2.24, 2.45) is 5.92 Å². The second kappa shape index (κ2) is 10.8. The predicted octanol–water partition coefficient (Wildman–Crippen LogP) is 2.61. The van der Waals surface area contributed by atoms with Gasteiger partial charge in [-0.25, -0.2) is 10.8 Å². The Morgan fingerprint density at radius 1 is 1.46 bits per heavy atom. The van der Waals surface area contributed by atoms with Crippen LogP contribution in [0.15, 0.2) is 0 Å². The molecule has 0 fully saturated rings. The highest BCUT2D eigenvalue weighted by molar-refractivity contribution is 5.69. The fourth-order valence-electron chi connectivity index (χ4n) is 0.953. The molecule has 0 aromatic rings. The first-order valence-corrected chi connectivity index (χ1v) is 4.45. The zero-order valence-corrected chi connectivity index (χ0v) is 8.26. The number of unbranched alkanes of at least 4 members (excludes halogenated alkanes) is 1. The molecular formula is C9H18N2O2. The van der Waals surface area contributed by atoms with Crippen molar-refractivity contribution in [1.82, 2.24) is 0 Å². The number of rotatable bonds is 5. The summed E-state index contributed by atoms with van der Waals surface area (Å²) in [4.78, 5) is 10.4. The SMILES string of the molecule is CCCCC(CC)C(=O)O.N=C=N. The van der Waals surface area contributed by atoms with Crippen molar-refractivity contribution in [3.05, 3.63) is 0 Å². The smallest absolute Gasteiger partial charge is 0.306 e. The molecule has 0 spiro atoms. The molecule has 0 aromatic heterocycles. The van der Waals surface area contributed by atoms with E-state index in [2.05, 4.69) is 6.92 Å². The summed E-state index contributed by atoms with van der Waals surface area (Å²) in [5.74, 6) is -0.754. The van der Waals surface area contributed by atoms with Crippen LogP contribution in [0.5, 0.6) is 0 Å². The van der Waals surface area contributed by atoms with E-state index in [1.165, 1.54) is 6.01 Å². The zero-order chi connectivity index (χ0) is 10.7. The Bertz CT molecular complexity index is 163. The lowest BCUT2D eigenvalue weighted by molar-refractivity contribution is -0.142. The van der Waals surface area contributed by atoms with Crippen molar-refractivity contribution >= 4 is 12.0 Å². The van der Waals surface area contributed by atoms with Gasteiger partial charge in [-0.05, 0) is 12.8 Å². The van der Waals surface area contributed by atoms with Gasteiger partial charge >= 0.3 is 5.97 Å². The first-order chi connectivity index (χ1) is 6.13. The Morgan fingerprint density at radius 2 is 1.92 bits per heavy atom. The molecule has 0 aliphatic rings. The molecule has 0 bridgehead atoms. The number of carboxylic acids is 1. The van der Waals surface area contributed by atoms with Crippen LogP contribution in [0.3, 0.4) is 0 Å². The molecule has 0 heterocycles. The van der Waals surface area contributed by atoms with Crippen LogP contribution < -0.4 is 0 Å². The molecule has 0 saturated carbocycles. The Labute approximate surface area is 79.0 Å². The van der Waals surface area contributed by atoms with Crippen molar-refractivity contribution in [3.8, 4) is 0 Å². The second-order valence-electron chi connectivity index (χ2n) is 2.71. The topological polar surface area (TPSA) is 85.0 Å². The lowest BCUT2D eigenvalue weighted by atomic mass is 10.00. The zero-order valence-electron chi connectivity index (χ0n) is 8.26. The summed E-state index contributed by atoms with van der Waals surface area (Å²) in [5, 5.41) is 19.8. The fraction of sp³-hybridized carbons (Fsp3) is 0.778. The third kappa shape index (κ3) is 10.8. The summed E-state index contributed by atoms with van der Waals surface area (Å²) in [7, 11) is 0. The highest BCUT2D eigenvalue weighted by Crippen LogP contribution is 2.11. The van der Waals surface area contributed by atoms with Gasteiger partial charge in [0.05, 0.1) is 11.9 Å². The largest absolute Gasteiger partial charge is 0.481 e. The molecule has 0 aliphatic carbocycles. The maximum atomic E-state index is 10.4. The highest BCUT2D eigenvalue weighted by Gasteiger charge is 2.12. The minimum Gasteiger partial charge on any atom is -0.481 e. The maximum absolute atomic E-state index is 10.4. The van der Waals surface area contributed by atoms with Crippen LogP contribution in [0.25, 0.3) is 0 Å². The molecule has 0 saturated heterocycles. The van der Waals surface area contributed by atoms with Gasteiger partial charge in [0.25, 0.3) is 0 Å². The number of carbonyl (C=O) groups is 1. The lowest BCUT2D eigenvalue weighted by Gasteiger charge is -2.06. The van der Waals surface area contributed by atoms with Gasteiger partial charge in [0.2, 0.25) is 0 Å². The van der Waals surface area contributed by atoms with Crippen molar-refractivity contribution in [2.45, 2.75) is 39.5 Å². The molecule has 0 amide bonds. The summed E-state index contributed by atoms with van der Waals surface area (Å²) in [6.45, 7) is 4.00. The average molecular weight is 186 g/mol. The van der Waals surface area contributed by atoms with Gasteiger partial charge in [0.15, 0.2) is 0 Å². The molecule has 4 nitrogen and oxygen atoms in total. The number of hydrogen-bond acceptors (Lipinski definition) is 3. The van der Waals surface area contributed by atoms with Gasteiger partial charge in [-0.15, -0.1) is 0 Å². The average Bonchev–Trinajstić information content (AvgIpc) is 2.06. The van der Waals surface area contributed by atoms with Crippen LogP contribution in [0.4, 0.5) is 0 Å². The van der Waals surface area contributed by atoms with E-state index in [0.717, 1.165) is 25.7 Å². The van der Waals surface area contributed by atoms with Gasteiger partial charge in [-0.1, -0.05) is 26.7 Å². The van der Waals surface area contributed by atoms with E-state index in [4.69, 9.17) is 15.9 Å². The van der Waals surface area contributed by atoms with Crippen LogP contribution >= 0.6 is 0 Å². The Morgan fingerprint density at radius 3 is 2.15 bits per heavy atom. The Kier molecular flexibility index (Phi) is 12.0. The standard InChI is InChI=1S/C8H16O2.CH2N2/c1-3-5-6-7(4-2)8(9)10;2-1-3/h7H,3-6H2,1-2H3,(H,9,10);2-3H. The normalized spacial score (nSPS) is 10.6. The fourth-order valence-corrected chi connectivity index (χ4v) is 0.953. The summed E-state index contributed by atoms with van der Waals surface area (Å²) < 4.78 is 0. The van der Waals surface area contributed by atoms with Gasteiger partial charge in [-0.2, -0.15) is 0 Å². The number of hydrogen-bond donors (Lipinski definition) is 3. The van der Waals surface area contributed by atoms with E-state index >= 15 is 0 Å². The van der Waals surface area contributed by atoms with Gasteiger partial charge in [0.1, 0.15) is 0 Å². The maximum Gasteiger partial charge on any atom is 0.306 e. The van der Waals surface area contributed by atoms with Crippen molar-refractivity contribution < 1.29 is 9.90 Å². The molecule has 0 radical (unpaired) electrons. The van der Waals surface area contributed by atoms with Gasteiger partial charge in [0, 0.05) is 0 Å². The molecule has 4 heteroatoms. The van der Waals surface area contributed by atoms with Crippen LogP contribution in [0, 0.1) is 16.7 Å². The molecule has 1 unspecified atom stereocenters. The van der Waals surface area contributed by atoms with Crippen molar-refractivity contribution in [1.29, 1.82) is 10.8 Å². The molecule has 0 aromatic carbocycles. The monoisotopic (exact) mass is 186 g/mol. The van der Waals surface area contributed by atoms with Crippen LogP contribution in [0.2, 0.25) is 0 Å². The van der Waals surface area contributed by atoms with Gasteiger partial charge in [-0.3, -0.25) is 4.79 Å². The second-order valence-corrected chi connectivity index (χ2v) is 2.71. The molecule has 13 heavy (non-hydrogen) atoms. The molecule has 0 aliphatic heterocycles. The molecule has 1 atom stereocenters. The number of aliphatic carboxylic acids is 1. The van der Waals surface area contributed by atoms with Crippen molar-refractivity contribution in [2.75, 3.05) is 0 Å². The molecule has 3 N–H and O–H groups in total. The molecular weight excluding hydrogens is 168 g/mol. The third-order valence-electron chi connectivity index (χ3n) is 1.75. The van der Waals surface area contributed by atoms with Gasteiger partial charge < -0.3 is 5.11 Å². The van der Waals surface area contributed by atoms with E-state index in [-0.39, 0.29) is 5.92 Å². The predicted molar refractivity (Wildman–Crippen MR) is 51.4 cm³/mol. The van der Waals surface area contributed by atoms with E-state index in [9.17, 15) is 4.79 Å². The minimum absolute atomic E-state index is 0.111. The lowest BCUT2D eigenvalue weighted by Crippen LogP contribution is -2.11. The molecule has 0 rings (SSSR count). The summed E-state index contributed by atoms with van der Waals surface area (Å²) in [5.41, 5.74) is 0. The number of nitrogens with one attached hydrogen (secondary N) is 2. The van der Waals surface area contributed by atoms with E-state index in [0.29, 0.717) is 0 Å². The van der Waals surface area contributed by atoms with Crippen molar-refractivity contribution in [3.63, 3.8) is 0 Å². The Hall–Kier alpha value is -1.15. The van der Waals surface area contributed by atoms with E-state index in [1.54, 1.807) is 0 Å². The van der Waals surface area contributed by atoms with E-state index in [1.807, 2.05) is 6.92 Å². The summed E-state index contributed by atoms with van der Waals surface area (Å²) >= 11 is 0. The highest BCUT2D eigenvalue weighted by atomic mass is 16.4. The number of carboxylic acid groups (broad SMARTS) is 1. The first-order valence-electron chi connectivity index (χ1n) is 4.45. The van der Waals surface area contributed by atoms with Crippen LogP contribution in [0.1, 0.15) is 39.5 Å². The minimum atomic E-state index is -0.643. The van der Waals surface area contributed by atoms with Crippen LogP contribution in [-0.4, -0.2) is 17.1 Å². The summed E-state index contributed by atoms with van der Waals surface area (Å²) in [6.07, 6.45) is 3.71.